The van der Waals surface area contributed by atoms with Gasteiger partial charge in [0.15, 0.2) is 0 Å². The van der Waals surface area contributed by atoms with Crippen LogP contribution in [0.15, 0.2) is 53.6 Å². The molecule has 0 atom stereocenters. The summed E-state index contributed by atoms with van der Waals surface area (Å²) >= 11 is 0. The fourth-order valence-electron chi connectivity index (χ4n) is 2.80. The Morgan fingerprint density at radius 3 is 2.54 bits per heavy atom. The SMILES string of the molecule is CC(C)(C)c1ccc(CCC(=O)Nc2ccc3c(=O)[nH]cnc3c2)cc1. The number of nitrogens with one attached hydrogen (secondary N) is 2. The van der Waals surface area contributed by atoms with Crippen LogP contribution in [-0.4, -0.2) is 15.9 Å². The Balaban J connectivity index is 1.61. The summed E-state index contributed by atoms with van der Waals surface area (Å²) in [5.41, 5.74) is 3.56. The molecule has 0 bridgehead atoms. The predicted octanol–water partition coefficient (Wildman–Crippen LogP) is 3.79. The van der Waals surface area contributed by atoms with Gasteiger partial charge < -0.3 is 10.3 Å². The zero-order valence-electron chi connectivity index (χ0n) is 15.3. The molecule has 0 unspecified atom stereocenters. The Hall–Kier alpha value is -2.95. The molecule has 1 heterocycles. The molecule has 134 valence electrons. The van der Waals surface area contributed by atoms with Crippen molar-refractivity contribution >= 4 is 22.5 Å². The third kappa shape index (κ3) is 4.17. The second kappa shape index (κ2) is 7.12. The van der Waals surface area contributed by atoms with E-state index in [1.807, 2.05) is 0 Å². The lowest BCUT2D eigenvalue weighted by Crippen LogP contribution is -2.13. The van der Waals surface area contributed by atoms with E-state index in [0.29, 0.717) is 29.4 Å². The highest BCUT2D eigenvalue weighted by Crippen LogP contribution is 2.22. The largest absolute Gasteiger partial charge is 0.326 e. The number of hydrogen-bond acceptors (Lipinski definition) is 3. The fourth-order valence-corrected chi connectivity index (χ4v) is 2.80. The summed E-state index contributed by atoms with van der Waals surface area (Å²) in [5.74, 6) is -0.0610. The summed E-state index contributed by atoms with van der Waals surface area (Å²) in [6, 6.07) is 13.5. The molecule has 0 saturated carbocycles. The fraction of sp³-hybridized carbons (Fsp3) is 0.286. The lowest BCUT2D eigenvalue weighted by atomic mass is 9.86. The van der Waals surface area contributed by atoms with Crippen LogP contribution in [0, 0.1) is 0 Å². The van der Waals surface area contributed by atoms with Gasteiger partial charge in [0.1, 0.15) is 0 Å². The smallest absolute Gasteiger partial charge is 0.258 e. The maximum absolute atomic E-state index is 12.2. The van der Waals surface area contributed by atoms with Gasteiger partial charge in [-0.05, 0) is 41.2 Å². The average Bonchev–Trinajstić information content (AvgIpc) is 2.60. The second-order valence-electron chi connectivity index (χ2n) is 7.46. The summed E-state index contributed by atoms with van der Waals surface area (Å²) in [4.78, 5) is 30.5. The molecule has 1 aromatic heterocycles. The van der Waals surface area contributed by atoms with Crippen molar-refractivity contribution in [3.8, 4) is 0 Å². The first kappa shape index (κ1) is 17.9. The van der Waals surface area contributed by atoms with Gasteiger partial charge in [0.05, 0.1) is 17.2 Å². The van der Waals surface area contributed by atoms with Crippen LogP contribution in [0.5, 0.6) is 0 Å². The number of benzene rings is 2. The molecule has 26 heavy (non-hydrogen) atoms. The predicted molar refractivity (Wildman–Crippen MR) is 104 cm³/mol. The number of hydrogen-bond donors (Lipinski definition) is 2. The zero-order chi connectivity index (χ0) is 18.7. The first-order valence-corrected chi connectivity index (χ1v) is 8.70. The second-order valence-corrected chi connectivity index (χ2v) is 7.46. The van der Waals surface area contributed by atoms with Crippen LogP contribution < -0.4 is 10.9 Å². The van der Waals surface area contributed by atoms with Gasteiger partial charge in [0.2, 0.25) is 5.91 Å². The molecule has 0 aliphatic carbocycles. The summed E-state index contributed by atoms with van der Waals surface area (Å²) in [7, 11) is 0. The van der Waals surface area contributed by atoms with Crippen LogP contribution in [-0.2, 0) is 16.6 Å². The Morgan fingerprint density at radius 1 is 1.12 bits per heavy atom. The number of carbonyl (C=O) groups is 1. The Morgan fingerprint density at radius 2 is 1.85 bits per heavy atom. The van der Waals surface area contributed by atoms with Crippen LogP contribution in [0.3, 0.4) is 0 Å². The first-order valence-electron chi connectivity index (χ1n) is 8.70. The summed E-state index contributed by atoms with van der Waals surface area (Å²) in [6.45, 7) is 6.55. The molecular formula is C21H23N3O2. The summed E-state index contributed by atoms with van der Waals surface area (Å²) < 4.78 is 0. The van der Waals surface area contributed by atoms with Gasteiger partial charge in [-0.25, -0.2) is 4.98 Å². The van der Waals surface area contributed by atoms with Crippen molar-refractivity contribution in [2.75, 3.05) is 5.32 Å². The highest BCUT2D eigenvalue weighted by molar-refractivity contribution is 5.93. The highest BCUT2D eigenvalue weighted by atomic mass is 16.1. The highest BCUT2D eigenvalue weighted by Gasteiger charge is 2.13. The minimum atomic E-state index is -0.188. The van der Waals surface area contributed by atoms with Crippen molar-refractivity contribution in [3.05, 3.63) is 70.3 Å². The lowest BCUT2D eigenvalue weighted by molar-refractivity contribution is -0.116. The number of amides is 1. The lowest BCUT2D eigenvalue weighted by Gasteiger charge is -2.19. The molecule has 2 N–H and O–H groups in total. The number of aromatic nitrogens is 2. The Bertz CT molecular complexity index is 983. The van der Waals surface area contributed by atoms with Gasteiger partial charge in [0, 0.05) is 12.1 Å². The standard InChI is InChI=1S/C21H23N3O2/c1-21(2,3)15-7-4-14(5-8-15)6-11-19(25)24-16-9-10-17-18(12-16)22-13-23-20(17)26/h4-5,7-10,12-13H,6,11H2,1-3H3,(H,24,25)(H,22,23,26). The normalized spacial score (nSPS) is 11.5. The van der Waals surface area contributed by atoms with Crippen LogP contribution in [0.2, 0.25) is 0 Å². The molecule has 5 heteroatoms. The van der Waals surface area contributed by atoms with Gasteiger partial charge in [0.25, 0.3) is 5.56 Å². The van der Waals surface area contributed by atoms with Crippen molar-refractivity contribution in [1.82, 2.24) is 9.97 Å². The van der Waals surface area contributed by atoms with Crippen LogP contribution in [0.4, 0.5) is 5.69 Å². The van der Waals surface area contributed by atoms with E-state index < -0.39 is 0 Å². The van der Waals surface area contributed by atoms with Crippen LogP contribution in [0.1, 0.15) is 38.3 Å². The zero-order valence-corrected chi connectivity index (χ0v) is 15.3. The topological polar surface area (TPSA) is 74.8 Å². The van der Waals surface area contributed by atoms with E-state index in [-0.39, 0.29) is 16.9 Å². The quantitative estimate of drug-likeness (QED) is 0.752. The van der Waals surface area contributed by atoms with Crippen molar-refractivity contribution in [2.45, 2.75) is 39.0 Å². The van der Waals surface area contributed by atoms with Gasteiger partial charge in [-0.2, -0.15) is 0 Å². The van der Waals surface area contributed by atoms with Crippen LogP contribution in [0.25, 0.3) is 10.9 Å². The van der Waals surface area contributed by atoms with E-state index in [9.17, 15) is 9.59 Å². The molecule has 3 aromatic rings. The van der Waals surface area contributed by atoms with Crippen molar-refractivity contribution in [2.24, 2.45) is 0 Å². The van der Waals surface area contributed by atoms with Crippen molar-refractivity contribution < 1.29 is 4.79 Å². The van der Waals surface area contributed by atoms with Gasteiger partial charge in [-0.3, -0.25) is 9.59 Å². The minimum absolute atomic E-state index is 0.0610. The number of aromatic amines is 1. The molecule has 0 fully saturated rings. The number of fused-ring (bicyclic) bond motifs is 1. The van der Waals surface area contributed by atoms with Crippen molar-refractivity contribution in [3.63, 3.8) is 0 Å². The number of nitrogens with zero attached hydrogens (tertiary/aromatic N) is 1. The van der Waals surface area contributed by atoms with Gasteiger partial charge >= 0.3 is 0 Å². The summed E-state index contributed by atoms with van der Waals surface area (Å²) in [5, 5.41) is 3.37. The van der Waals surface area contributed by atoms with E-state index in [1.165, 1.54) is 11.9 Å². The Labute approximate surface area is 152 Å². The number of carbonyl (C=O) groups excluding carboxylic acids is 1. The van der Waals surface area contributed by atoms with Crippen LogP contribution >= 0.6 is 0 Å². The first-order chi connectivity index (χ1) is 12.3. The van der Waals surface area contributed by atoms with E-state index in [4.69, 9.17) is 0 Å². The average molecular weight is 349 g/mol. The number of rotatable bonds is 4. The maximum Gasteiger partial charge on any atom is 0.258 e. The maximum atomic E-state index is 12.2. The molecule has 1 amide bonds. The number of anilines is 1. The third-order valence-corrected chi connectivity index (χ3v) is 4.39. The Kier molecular flexibility index (Phi) is 4.89. The van der Waals surface area contributed by atoms with E-state index in [0.717, 1.165) is 5.56 Å². The van der Waals surface area contributed by atoms with Gasteiger partial charge in [-0.1, -0.05) is 45.0 Å². The molecule has 0 radical (unpaired) electrons. The monoisotopic (exact) mass is 349 g/mol. The van der Waals surface area contributed by atoms with E-state index in [2.05, 4.69) is 60.3 Å². The molecule has 0 spiro atoms. The molecule has 0 saturated heterocycles. The van der Waals surface area contributed by atoms with Crippen molar-refractivity contribution in [1.29, 1.82) is 0 Å². The molecular weight excluding hydrogens is 326 g/mol. The van der Waals surface area contributed by atoms with E-state index in [1.54, 1.807) is 18.2 Å². The molecule has 0 aliphatic heterocycles. The molecule has 2 aromatic carbocycles. The molecule has 3 rings (SSSR count). The van der Waals surface area contributed by atoms with E-state index >= 15 is 0 Å². The number of aryl methyl sites for hydroxylation is 1. The minimum Gasteiger partial charge on any atom is -0.326 e. The molecule has 0 aliphatic rings. The van der Waals surface area contributed by atoms with Gasteiger partial charge in [-0.15, -0.1) is 0 Å². The summed E-state index contributed by atoms with van der Waals surface area (Å²) in [6.07, 6.45) is 2.44. The molecule has 5 nitrogen and oxygen atoms in total. The number of H-pyrrole nitrogens is 1. The third-order valence-electron chi connectivity index (χ3n) is 4.39.